The van der Waals surface area contributed by atoms with Gasteiger partial charge in [0.1, 0.15) is 17.7 Å². The molecule has 17 heavy (non-hydrogen) atoms. The van der Waals surface area contributed by atoms with E-state index in [1.807, 2.05) is 0 Å². The second kappa shape index (κ2) is 4.43. The van der Waals surface area contributed by atoms with Crippen LogP contribution in [0.1, 0.15) is 17.2 Å². The molecule has 1 atom stereocenters. The average molecular weight is 233 g/mol. The van der Waals surface area contributed by atoms with E-state index in [0.717, 1.165) is 0 Å². The largest absolute Gasteiger partial charge is 0.506 e. The number of nitrogens with two attached hydrogens (primary N) is 1. The quantitative estimate of drug-likeness (QED) is 0.550. The van der Waals surface area contributed by atoms with Gasteiger partial charge in [-0.3, -0.25) is 0 Å². The van der Waals surface area contributed by atoms with Gasteiger partial charge in [0, 0.05) is 11.1 Å². The normalized spacial score (nSPS) is 12.4. The number of nitrogen functional groups attached to an aromatic ring is 1. The Kier molecular flexibility index (Phi) is 2.97. The molecule has 1 unspecified atom stereocenters. The monoisotopic (exact) mass is 233 g/mol. The van der Waals surface area contributed by atoms with Crippen LogP contribution in [-0.4, -0.2) is 10.2 Å². The number of hydrogen-bond donors (Lipinski definition) is 3. The van der Waals surface area contributed by atoms with Crippen LogP contribution in [0.5, 0.6) is 5.75 Å². The third kappa shape index (κ3) is 2.07. The third-order valence-corrected chi connectivity index (χ3v) is 2.61. The van der Waals surface area contributed by atoms with Crippen molar-refractivity contribution in [2.24, 2.45) is 0 Å². The average Bonchev–Trinajstić information content (AvgIpc) is 2.32. The number of phenols is 1. The lowest BCUT2D eigenvalue weighted by molar-refractivity contribution is 0.215. The molecule has 4 N–H and O–H groups in total. The van der Waals surface area contributed by atoms with Crippen LogP contribution in [-0.2, 0) is 0 Å². The van der Waals surface area contributed by atoms with Gasteiger partial charge in [0.15, 0.2) is 0 Å². The Morgan fingerprint density at radius 1 is 1.00 bits per heavy atom. The van der Waals surface area contributed by atoms with Crippen molar-refractivity contribution in [2.75, 3.05) is 5.73 Å². The van der Waals surface area contributed by atoms with Crippen LogP contribution in [0.3, 0.4) is 0 Å². The van der Waals surface area contributed by atoms with Gasteiger partial charge in [0.25, 0.3) is 0 Å². The zero-order valence-corrected chi connectivity index (χ0v) is 8.97. The Labute approximate surface area is 97.9 Å². The van der Waals surface area contributed by atoms with E-state index in [1.165, 1.54) is 24.3 Å². The van der Waals surface area contributed by atoms with Crippen LogP contribution < -0.4 is 5.73 Å². The van der Waals surface area contributed by atoms with Crippen molar-refractivity contribution in [3.05, 3.63) is 59.4 Å². The molecule has 88 valence electrons. The van der Waals surface area contributed by atoms with E-state index in [-0.39, 0.29) is 22.6 Å². The molecule has 2 aromatic rings. The number of hydrogen-bond acceptors (Lipinski definition) is 3. The van der Waals surface area contributed by atoms with Crippen LogP contribution in [0.4, 0.5) is 10.1 Å². The predicted molar refractivity (Wildman–Crippen MR) is 63.0 cm³/mol. The fourth-order valence-corrected chi connectivity index (χ4v) is 1.67. The number of rotatable bonds is 2. The Morgan fingerprint density at radius 3 is 2.35 bits per heavy atom. The highest BCUT2D eigenvalue weighted by atomic mass is 19.1. The molecule has 0 spiro atoms. The summed E-state index contributed by atoms with van der Waals surface area (Å²) in [5, 5.41) is 19.5. The SMILES string of the molecule is Nc1c(O)cccc1C(O)c1ccccc1F. The maximum absolute atomic E-state index is 13.5. The molecule has 0 amide bonds. The van der Waals surface area contributed by atoms with Gasteiger partial charge < -0.3 is 15.9 Å². The zero-order chi connectivity index (χ0) is 12.4. The number of aromatic hydroxyl groups is 1. The first kappa shape index (κ1) is 11.4. The summed E-state index contributed by atoms with van der Waals surface area (Å²) in [5.74, 6) is -0.638. The van der Waals surface area contributed by atoms with Crippen molar-refractivity contribution in [1.29, 1.82) is 0 Å². The molecule has 2 aromatic carbocycles. The van der Waals surface area contributed by atoms with Crippen molar-refractivity contribution in [1.82, 2.24) is 0 Å². The number of phenolic OH excluding ortho intramolecular Hbond substituents is 1. The molecule has 0 radical (unpaired) electrons. The second-order valence-corrected chi connectivity index (χ2v) is 3.70. The molecule has 3 nitrogen and oxygen atoms in total. The topological polar surface area (TPSA) is 66.5 Å². The van der Waals surface area contributed by atoms with Crippen LogP contribution in [0.25, 0.3) is 0 Å². The van der Waals surface area contributed by atoms with E-state index >= 15 is 0 Å². The molecular formula is C13H12FNO2. The fourth-order valence-electron chi connectivity index (χ4n) is 1.67. The maximum atomic E-state index is 13.5. The first-order valence-corrected chi connectivity index (χ1v) is 5.11. The van der Waals surface area contributed by atoms with Gasteiger partial charge in [0.2, 0.25) is 0 Å². The Morgan fingerprint density at radius 2 is 1.65 bits per heavy atom. The molecular weight excluding hydrogens is 221 g/mol. The lowest BCUT2D eigenvalue weighted by Gasteiger charge is -2.15. The van der Waals surface area contributed by atoms with Gasteiger partial charge in [-0.25, -0.2) is 4.39 Å². The summed E-state index contributed by atoms with van der Waals surface area (Å²) in [6.07, 6.45) is -1.19. The zero-order valence-electron chi connectivity index (χ0n) is 8.97. The van der Waals surface area contributed by atoms with E-state index in [0.29, 0.717) is 0 Å². The second-order valence-electron chi connectivity index (χ2n) is 3.70. The molecule has 0 heterocycles. The van der Waals surface area contributed by atoms with Crippen molar-refractivity contribution < 1.29 is 14.6 Å². The third-order valence-electron chi connectivity index (χ3n) is 2.61. The number of halogens is 1. The minimum absolute atomic E-state index is 0.0586. The maximum Gasteiger partial charge on any atom is 0.138 e. The van der Waals surface area contributed by atoms with Gasteiger partial charge in [-0.05, 0) is 12.1 Å². The summed E-state index contributed by atoms with van der Waals surface area (Å²) in [4.78, 5) is 0. The summed E-state index contributed by atoms with van der Waals surface area (Å²) >= 11 is 0. The van der Waals surface area contributed by atoms with Crippen LogP contribution >= 0.6 is 0 Å². The molecule has 4 heteroatoms. The molecule has 2 rings (SSSR count). The summed E-state index contributed by atoms with van der Waals surface area (Å²) in [5.41, 5.74) is 6.11. The molecule has 0 aliphatic carbocycles. The van der Waals surface area contributed by atoms with E-state index in [4.69, 9.17) is 5.73 Å². The van der Waals surface area contributed by atoms with E-state index in [1.54, 1.807) is 18.2 Å². The minimum Gasteiger partial charge on any atom is -0.506 e. The van der Waals surface area contributed by atoms with Crippen molar-refractivity contribution in [3.63, 3.8) is 0 Å². The fraction of sp³-hybridized carbons (Fsp3) is 0.0769. The number of anilines is 1. The number of para-hydroxylation sites is 1. The molecule has 0 aromatic heterocycles. The highest BCUT2D eigenvalue weighted by Crippen LogP contribution is 2.32. The smallest absolute Gasteiger partial charge is 0.138 e. The summed E-state index contributed by atoms with van der Waals surface area (Å²) in [6, 6.07) is 10.4. The molecule has 0 aliphatic rings. The van der Waals surface area contributed by atoms with Crippen LogP contribution in [0.2, 0.25) is 0 Å². The summed E-state index contributed by atoms with van der Waals surface area (Å²) < 4.78 is 13.5. The molecule has 0 aliphatic heterocycles. The molecule has 0 saturated carbocycles. The van der Waals surface area contributed by atoms with Crippen LogP contribution in [0, 0.1) is 5.82 Å². The van der Waals surface area contributed by atoms with E-state index in [2.05, 4.69) is 0 Å². The van der Waals surface area contributed by atoms with Gasteiger partial charge >= 0.3 is 0 Å². The Balaban J connectivity index is 2.48. The lowest BCUT2D eigenvalue weighted by atomic mass is 9.99. The Hall–Kier alpha value is -2.07. The van der Waals surface area contributed by atoms with Gasteiger partial charge in [-0.15, -0.1) is 0 Å². The summed E-state index contributed by atoms with van der Waals surface area (Å²) in [7, 11) is 0. The molecule has 0 fully saturated rings. The van der Waals surface area contributed by atoms with E-state index < -0.39 is 11.9 Å². The minimum atomic E-state index is -1.19. The predicted octanol–water partition coefficient (Wildman–Crippen LogP) is 2.20. The highest BCUT2D eigenvalue weighted by Gasteiger charge is 2.18. The van der Waals surface area contributed by atoms with Crippen molar-refractivity contribution >= 4 is 5.69 Å². The first-order chi connectivity index (χ1) is 8.11. The standard InChI is InChI=1S/C13H12FNO2/c14-10-6-2-1-4-8(10)13(17)9-5-3-7-11(16)12(9)15/h1-7,13,16-17H,15H2. The molecule has 0 bridgehead atoms. The van der Waals surface area contributed by atoms with Gasteiger partial charge in [0.05, 0.1) is 5.69 Å². The van der Waals surface area contributed by atoms with Gasteiger partial charge in [-0.2, -0.15) is 0 Å². The lowest BCUT2D eigenvalue weighted by Crippen LogP contribution is -2.05. The van der Waals surface area contributed by atoms with Crippen molar-refractivity contribution in [2.45, 2.75) is 6.10 Å². The Bertz CT molecular complexity index is 543. The van der Waals surface area contributed by atoms with Gasteiger partial charge in [-0.1, -0.05) is 30.3 Å². The highest BCUT2D eigenvalue weighted by molar-refractivity contribution is 5.59. The summed E-state index contributed by atoms with van der Waals surface area (Å²) in [6.45, 7) is 0. The molecule has 0 saturated heterocycles. The first-order valence-electron chi connectivity index (χ1n) is 5.11. The van der Waals surface area contributed by atoms with Crippen LogP contribution in [0.15, 0.2) is 42.5 Å². The number of aliphatic hydroxyl groups excluding tert-OH is 1. The number of benzene rings is 2. The number of aliphatic hydroxyl groups is 1. The van der Waals surface area contributed by atoms with Crippen molar-refractivity contribution in [3.8, 4) is 5.75 Å². The van der Waals surface area contributed by atoms with E-state index in [9.17, 15) is 14.6 Å².